The zero-order chi connectivity index (χ0) is 14.7. The lowest BCUT2D eigenvalue weighted by molar-refractivity contribution is 0.0800. The Kier molecular flexibility index (Phi) is 4.23. The molecule has 0 spiro atoms. The molecule has 6 heteroatoms. The van der Waals surface area contributed by atoms with Gasteiger partial charge in [0.15, 0.2) is 5.76 Å². The SMILES string of the molecule is C#CCN(C)C(=O)c1c(-c2cccs2)noc1C(C)O. The van der Waals surface area contributed by atoms with Crippen LogP contribution in [0.3, 0.4) is 0 Å². The van der Waals surface area contributed by atoms with E-state index in [4.69, 9.17) is 10.9 Å². The van der Waals surface area contributed by atoms with Crippen molar-refractivity contribution in [3.8, 4) is 22.9 Å². The molecule has 0 saturated heterocycles. The minimum absolute atomic E-state index is 0.155. The first-order valence-corrected chi connectivity index (χ1v) is 6.84. The van der Waals surface area contributed by atoms with E-state index in [0.717, 1.165) is 4.88 Å². The molecule has 0 saturated carbocycles. The zero-order valence-electron chi connectivity index (χ0n) is 11.2. The summed E-state index contributed by atoms with van der Waals surface area (Å²) in [6.45, 7) is 1.70. The number of hydrogen-bond acceptors (Lipinski definition) is 5. The number of aliphatic hydroxyl groups is 1. The van der Waals surface area contributed by atoms with E-state index in [0.29, 0.717) is 5.69 Å². The van der Waals surface area contributed by atoms with Crippen LogP contribution in [0.15, 0.2) is 22.0 Å². The molecule has 0 bridgehead atoms. The molecule has 2 heterocycles. The molecule has 0 aromatic carbocycles. The number of amides is 1. The van der Waals surface area contributed by atoms with Crippen LogP contribution in [0.25, 0.3) is 10.6 Å². The predicted molar refractivity (Wildman–Crippen MR) is 76.2 cm³/mol. The maximum atomic E-state index is 12.5. The third-order valence-electron chi connectivity index (χ3n) is 2.74. The molecule has 1 amide bonds. The lowest BCUT2D eigenvalue weighted by Gasteiger charge is -2.14. The number of terminal acetylenes is 1. The van der Waals surface area contributed by atoms with Gasteiger partial charge in [-0.05, 0) is 18.4 Å². The van der Waals surface area contributed by atoms with Gasteiger partial charge in [0.05, 0.1) is 11.4 Å². The number of hydrogen-bond donors (Lipinski definition) is 1. The molecule has 2 aromatic heterocycles. The fraction of sp³-hybridized carbons (Fsp3) is 0.286. The highest BCUT2D eigenvalue weighted by Crippen LogP contribution is 2.32. The largest absolute Gasteiger partial charge is 0.385 e. The van der Waals surface area contributed by atoms with Crippen LogP contribution in [0.1, 0.15) is 29.1 Å². The molecule has 0 radical (unpaired) electrons. The number of aromatic nitrogens is 1. The first-order valence-electron chi connectivity index (χ1n) is 5.96. The minimum Gasteiger partial charge on any atom is -0.385 e. The topological polar surface area (TPSA) is 66.6 Å². The van der Waals surface area contributed by atoms with Crippen LogP contribution in [0, 0.1) is 12.3 Å². The zero-order valence-corrected chi connectivity index (χ0v) is 12.0. The molecule has 0 aliphatic carbocycles. The van der Waals surface area contributed by atoms with Crippen LogP contribution in [-0.2, 0) is 0 Å². The molecular formula is C14H14N2O3S. The molecule has 0 aliphatic rings. The summed E-state index contributed by atoms with van der Waals surface area (Å²) in [5.41, 5.74) is 0.699. The van der Waals surface area contributed by atoms with Gasteiger partial charge in [-0.2, -0.15) is 0 Å². The lowest BCUT2D eigenvalue weighted by Crippen LogP contribution is -2.28. The minimum atomic E-state index is -0.922. The van der Waals surface area contributed by atoms with Crippen molar-refractivity contribution < 1.29 is 14.4 Å². The number of carbonyl (C=O) groups excluding carboxylic acids is 1. The van der Waals surface area contributed by atoms with Crippen LogP contribution in [0.5, 0.6) is 0 Å². The third kappa shape index (κ3) is 2.59. The van der Waals surface area contributed by atoms with Crippen molar-refractivity contribution in [2.45, 2.75) is 13.0 Å². The van der Waals surface area contributed by atoms with Gasteiger partial charge >= 0.3 is 0 Å². The summed E-state index contributed by atoms with van der Waals surface area (Å²) < 4.78 is 5.14. The van der Waals surface area contributed by atoms with Crippen molar-refractivity contribution in [3.05, 3.63) is 28.8 Å². The lowest BCUT2D eigenvalue weighted by atomic mass is 10.1. The van der Waals surface area contributed by atoms with E-state index >= 15 is 0 Å². The van der Waals surface area contributed by atoms with Gasteiger partial charge in [0.1, 0.15) is 17.4 Å². The van der Waals surface area contributed by atoms with Crippen LogP contribution in [-0.4, -0.2) is 34.7 Å². The van der Waals surface area contributed by atoms with E-state index in [2.05, 4.69) is 11.1 Å². The smallest absolute Gasteiger partial charge is 0.260 e. The van der Waals surface area contributed by atoms with Crippen LogP contribution in [0.2, 0.25) is 0 Å². The summed E-state index contributed by atoms with van der Waals surface area (Å²) in [5, 5.41) is 15.5. The van der Waals surface area contributed by atoms with Gasteiger partial charge in [0.25, 0.3) is 5.91 Å². The van der Waals surface area contributed by atoms with Gasteiger partial charge in [0.2, 0.25) is 0 Å². The van der Waals surface area contributed by atoms with Crippen LogP contribution >= 0.6 is 11.3 Å². The first kappa shape index (κ1) is 14.3. The normalized spacial score (nSPS) is 11.9. The van der Waals surface area contributed by atoms with Crippen molar-refractivity contribution in [2.24, 2.45) is 0 Å². The number of carbonyl (C=O) groups is 1. The van der Waals surface area contributed by atoms with Gasteiger partial charge in [-0.3, -0.25) is 4.79 Å². The Morgan fingerprint density at radius 3 is 3.00 bits per heavy atom. The fourth-order valence-corrected chi connectivity index (χ4v) is 2.49. The van der Waals surface area contributed by atoms with Gasteiger partial charge in [-0.15, -0.1) is 17.8 Å². The van der Waals surface area contributed by atoms with E-state index in [9.17, 15) is 9.90 Å². The van der Waals surface area contributed by atoms with Gasteiger partial charge < -0.3 is 14.5 Å². The fourth-order valence-electron chi connectivity index (χ4n) is 1.78. The number of rotatable bonds is 4. The first-order chi connectivity index (χ1) is 9.56. The molecule has 104 valence electrons. The summed E-state index contributed by atoms with van der Waals surface area (Å²) >= 11 is 1.44. The molecule has 1 N–H and O–H groups in total. The standard InChI is InChI=1S/C14H14N2O3S/c1-4-7-16(3)14(18)11-12(10-6-5-8-20-10)15-19-13(11)9(2)17/h1,5-6,8-9,17H,7H2,2-3H3. The average Bonchev–Trinajstić information content (AvgIpc) is 3.06. The van der Waals surface area contributed by atoms with E-state index in [1.54, 1.807) is 7.05 Å². The highest BCUT2D eigenvalue weighted by molar-refractivity contribution is 7.13. The Bertz CT molecular complexity index is 638. The summed E-state index contributed by atoms with van der Waals surface area (Å²) in [6, 6.07) is 3.70. The summed E-state index contributed by atoms with van der Waals surface area (Å²) in [7, 11) is 1.60. The van der Waals surface area contributed by atoms with Crippen molar-refractivity contribution in [2.75, 3.05) is 13.6 Å². The Hall–Kier alpha value is -2.10. The Balaban J connectivity index is 2.51. The molecule has 20 heavy (non-hydrogen) atoms. The second kappa shape index (κ2) is 5.90. The van der Waals surface area contributed by atoms with E-state index in [-0.39, 0.29) is 23.8 Å². The quantitative estimate of drug-likeness (QED) is 0.876. The summed E-state index contributed by atoms with van der Waals surface area (Å²) in [4.78, 5) is 14.6. The van der Waals surface area contributed by atoms with E-state index in [1.807, 2.05) is 17.5 Å². The molecule has 0 fully saturated rings. The average molecular weight is 290 g/mol. The maximum Gasteiger partial charge on any atom is 0.260 e. The van der Waals surface area contributed by atoms with Crippen molar-refractivity contribution in [1.29, 1.82) is 0 Å². The Labute approximate surface area is 120 Å². The Morgan fingerprint density at radius 2 is 2.45 bits per heavy atom. The van der Waals surface area contributed by atoms with Gasteiger partial charge in [-0.25, -0.2) is 0 Å². The third-order valence-corrected chi connectivity index (χ3v) is 3.62. The van der Waals surface area contributed by atoms with E-state index < -0.39 is 6.10 Å². The molecule has 1 atom stereocenters. The highest BCUT2D eigenvalue weighted by atomic mass is 32.1. The highest BCUT2D eigenvalue weighted by Gasteiger charge is 2.28. The van der Waals surface area contributed by atoms with Crippen LogP contribution < -0.4 is 0 Å². The molecule has 5 nitrogen and oxygen atoms in total. The second-order valence-electron chi connectivity index (χ2n) is 4.29. The number of thiophene rings is 1. The maximum absolute atomic E-state index is 12.5. The predicted octanol–water partition coefficient (Wildman–Crippen LogP) is 2.16. The number of aliphatic hydroxyl groups excluding tert-OH is 1. The van der Waals surface area contributed by atoms with Crippen molar-refractivity contribution in [3.63, 3.8) is 0 Å². The Morgan fingerprint density at radius 1 is 1.70 bits per heavy atom. The van der Waals surface area contributed by atoms with Gasteiger partial charge in [0, 0.05) is 7.05 Å². The molecule has 2 aromatic rings. The second-order valence-corrected chi connectivity index (χ2v) is 5.24. The summed E-state index contributed by atoms with van der Waals surface area (Å²) in [5.74, 6) is 2.25. The molecular weight excluding hydrogens is 276 g/mol. The van der Waals surface area contributed by atoms with Crippen molar-refractivity contribution >= 4 is 17.2 Å². The van der Waals surface area contributed by atoms with Gasteiger partial charge in [-0.1, -0.05) is 17.1 Å². The molecule has 1 unspecified atom stereocenters. The molecule has 0 aliphatic heterocycles. The molecule has 2 rings (SSSR count). The van der Waals surface area contributed by atoms with Crippen LogP contribution in [0.4, 0.5) is 0 Å². The van der Waals surface area contributed by atoms with Crippen molar-refractivity contribution in [1.82, 2.24) is 10.1 Å². The summed E-state index contributed by atoms with van der Waals surface area (Å²) in [6.07, 6.45) is 4.30. The number of nitrogens with zero attached hydrogens (tertiary/aromatic N) is 2. The monoisotopic (exact) mass is 290 g/mol. The van der Waals surface area contributed by atoms with E-state index in [1.165, 1.54) is 23.2 Å².